The first kappa shape index (κ1) is 20.0. The number of carbonyl (C=O) groups is 2. The Morgan fingerprint density at radius 2 is 1.79 bits per heavy atom. The van der Waals surface area contributed by atoms with Gasteiger partial charge in [-0.3, -0.25) is 14.5 Å². The number of likely N-dealkylation sites (tertiary alicyclic amines) is 1. The molecule has 1 saturated heterocycles. The molecule has 1 aromatic heterocycles. The van der Waals surface area contributed by atoms with Crippen molar-refractivity contribution in [1.82, 2.24) is 10.2 Å². The molecular formula is C21H23F2N3O2S. The highest BCUT2D eigenvalue weighted by Gasteiger charge is 2.30. The molecule has 1 saturated carbocycles. The third-order valence-corrected chi connectivity index (χ3v) is 6.34. The minimum atomic E-state index is -0.834. The lowest BCUT2D eigenvalue weighted by Crippen LogP contribution is -2.44. The number of halogens is 2. The number of rotatable bonds is 6. The van der Waals surface area contributed by atoms with Crippen molar-refractivity contribution < 1.29 is 18.4 Å². The zero-order valence-electron chi connectivity index (χ0n) is 15.9. The summed E-state index contributed by atoms with van der Waals surface area (Å²) >= 11 is 1.29. The zero-order valence-corrected chi connectivity index (χ0v) is 16.7. The molecule has 2 N–H and O–H groups in total. The maximum atomic E-state index is 13.4. The SMILES string of the molecule is O=C(NC1CCN(Cc2ccc(F)c(F)c2)CC1)c1ccc(NC(=O)C2CC2)s1. The first-order chi connectivity index (χ1) is 14.0. The fraction of sp³-hybridized carbons (Fsp3) is 0.429. The summed E-state index contributed by atoms with van der Waals surface area (Å²) in [6.07, 6.45) is 3.48. The van der Waals surface area contributed by atoms with Crippen molar-refractivity contribution in [2.45, 2.75) is 38.3 Å². The molecule has 2 fully saturated rings. The highest BCUT2D eigenvalue weighted by molar-refractivity contribution is 7.18. The van der Waals surface area contributed by atoms with E-state index >= 15 is 0 Å². The number of hydrogen-bond acceptors (Lipinski definition) is 4. The van der Waals surface area contributed by atoms with Crippen molar-refractivity contribution in [3.8, 4) is 0 Å². The van der Waals surface area contributed by atoms with Crippen molar-refractivity contribution in [1.29, 1.82) is 0 Å². The van der Waals surface area contributed by atoms with Crippen molar-refractivity contribution in [3.63, 3.8) is 0 Å². The van der Waals surface area contributed by atoms with Gasteiger partial charge < -0.3 is 10.6 Å². The van der Waals surface area contributed by atoms with Crippen LogP contribution in [0.4, 0.5) is 13.8 Å². The van der Waals surface area contributed by atoms with Crippen LogP contribution in [-0.2, 0) is 11.3 Å². The Hall–Kier alpha value is -2.32. The van der Waals surface area contributed by atoms with Gasteiger partial charge in [0.25, 0.3) is 5.91 Å². The van der Waals surface area contributed by atoms with Gasteiger partial charge in [-0.15, -0.1) is 11.3 Å². The van der Waals surface area contributed by atoms with Crippen molar-refractivity contribution in [2.75, 3.05) is 18.4 Å². The van der Waals surface area contributed by atoms with Gasteiger partial charge in [0.1, 0.15) is 0 Å². The summed E-state index contributed by atoms with van der Waals surface area (Å²) in [5.74, 6) is -1.62. The average molecular weight is 419 g/mol. The van der Waals surface area contributed by atoms with Crippen LogP contribution in [-0.4, -0.2) is 35.8 Å². The number of thiophene rings is 1. The first-order valence-corrected chi connectivity index (χ1v) is 10.7. The molecule has 0 radical (unpaired) electrons. The van der Waals surface area contributed by atoms with E-state index < -0.39 is 11.6 Å². The van der Waals surface area contributed by atoms with Crippen LogP contribution in [0, 0.1) is 17.6 Å². The van der Waals surface area contributed by atoms with E-state index in [1.165, 1.54) is 17.4 Å². The molecule has 2 aromatic rings. The van der Waals surface area contributed by atoms with E-state index in [1.807, 2.05) is 0 Å². The Bertz CT molecular complexity index is 905. The molecular weight excluding hydrogens is 396 g/mol. The van der Waals surface area contributed by atoms with Crippen LogP contribution >= 0.6 is 11.3 Å². The number of nitrogens with zero attached hydrogens (tertiary/aromatic N) is 1. The Kier molecular flexibility index (Phi) is 5.91. The smallest absolute Gasteiger partial charge is 0.261 e. The molecule has 0 spiro atoms. The fourth-order valence-electron chi connectivity index (χ4n) is 3.48. The Balaban J connectivity index is 1.23. The minimum absolute atomic E-state index is 0.0345. The maximum Gasteiger partial charge on any atom is 0.261 e. The molecule has 2 amide bonds. The van der Waals surface area contributed by atoms with E-state index in [0.717, 1.165) is 50.4 Å². The minimum Gasteiger partial charge on any atom is -0.349 e. The lowest BCUT2D eigenvalue weighted by molar-refractivity contribution is -0.117. The van der Waals surface area contributed by atoms with Crippen LogP contribution in [0.5, 0.6) is 0 Å². The van der Waals surface area contributed by atoms with Gasteiger partial charge >= 0.3 is 0 Å². The standard InChI is InChI=1S/C21H23F2N3O2S/c22-16-4-1-13(11-17(16)23)12-26-9-7-15(8-10-26)24-21(28)18-5-6-19(29-18)25-20(27)14-2-3-14/h1,4-6,11,14-15H,2-3,7-10,12H2,(H,24,28)(H,25,27). The van der Waals surface area contributed by atoms with E-state index in [9.17, 15) is 18.4 Å². The molecule has 8 heteroatoms. The molecule has 4 rings (SSSR count). The van der Waals surface area contributed by atoms with Crippen LogP contribution in [0.25, 0.3) is 0 Å². The van der Waals surface area contributed by atoms with E-state index in [2.05, 4.69) is 15.5 Å². The van der Waals surface area contributed by atoms with Gasteiger partial charge in [-0.1, -0.05) is 6.07 Å². The lowest BCUT2D eigenvalue weighted by atomic mass is 10.0. The zero-order chi connectivity index (χ0) is 20.4. The highest BCUT2D eigenvalue weighted by atomic mass is 32.1. The maximum absolute atomic E-state index is 13.4. The predicted molar refractivity (Wildman–Crippen MR) is 108 cm³/mol. The Labute approximate surface area is 172 Å². The first-order valence-electron chi connectivity index (χ1n) is 9.86. The molecule has 2 aliphatic rings. The summed E-state index contributed by atoms with van der Waals surface area (Å²) in [5, 5.41) is 6.62. The number of hydrogen-bond donors (Lipinski definition) is 2. The van der Waals surface area contributed by atoms with Gasteiger partial charge in [-0.05, 0) is 55.5 Å². The Morgan fingerprint density at radius 3 is 2.48 bits per heavy atom. The largest absolute Gasteiger partial charge is 0.349 e. The van der Waals surface area contributed by atoms with E-state index in [1.54, 1.807) is 18.2 Å². The fourth-order valence-corrected chi connectivity index (χ4v) is 4.30. The second kappa shape index (κ2) is 8.59. The van der Waals surface area contributed by atoms with Crippen molar-refractivity contribution >= 4 is 28.2 Å². The second-order valence-corrected chi connectivity index (χ2v) is 8.78. The average Bonchev–Trinajstić information content (AvgIpc) is 3.46. The summed E-state index contributed by atoms with van der Waals surface area (Å²) in [4.78, 5) is 27.1. The van der Waals surface area contributed by atoms with Crippen molar-refractivity contribution in [3.05, 3.63) is 52.4 Å². The number of anilines is 1. The molecule has 1 aromatic carbocycles. The molecule has 1 aliphatic heterocycles. The molecule has 5 nitrogen and oxygen atoms in total. The molecule has 154 valence electrons. The van der Waals surface area contributed by atoms with Crippen LogP contribution < -0.4 is 10.6 Å². The van der Waals surface area contributed by atoms with Gasteiger partial charge in [0.2, 0.25) is 5.91 Å². The van der Waals surface area contributed by atoms with Gasteiger partial charge in [0, 0.05) is 31.6 Å². The summed E-state index contributed by atoms with van der Waals surface area (Å²) < 4.78 is 26.4. The van der Waals surface area contributed by atoms with Crippen molar-refractivity contribution in [2.24, 2.45) is 5.92 Å². The number of benzene rings is 1. The van der Waals surface area contributed by atoms with Crippen LogP contribution in [0.1, 0.15) is 40.9 Å². The number of carbonyl (C=O) groups excluding carboxylic acids is 2. The van der Waals surface area contributed by atoms with Crippen LogP contribution in [0.2, 0.25) is 0 Å². The normalized spacial score (nSPS) is 17.9. The quantitative estimate of drug-likeness (QED) is 0.749. The monoisotopic (exact) mass is 419 g/mol. The number of nitrogens with one attached hydrogen (secondary N) is 2. The van der Waals surface area contributed by atoms with Gasteiger partial charge in [0.15, 0.2) is 11.6 Å². The number of piperidine rings is 1. The molecule has 0 unspecified atom stereocenters. The molecule has 29 heavy (non-hydrogen) atoms. The number of amides is 2. The summed E-state index contributed by atoms with van der Waals surface area (Å²) in [6.45, 7) is 2.11. The van der Waals surface area contributed by atoms with Gasteiger partial charge in [-0.25, -0.2) is 8.78 Å². The molecule has 1 aliphatic carbocycles. The second-order valence-electron chi connectivity index (χ2n) is 7.70. The lowest BCUT2D eigenvalue weighted by Gasteiger charge is -2.32. The molecule has 0 bridgehead atoms. The summed E-state index contributed by atoms with van der Waals surface area (Å²) in [6, 6.07) is 7.57. The van der Waals surface area contributed by atoms with Gasteiger partial charge in [-0.2, -0.15) is 0 Å². The third-order valence-electron chi connectivity index (χ3n) is 5.34. The third kappa shape index (κ3) is 5.19. The predicted octanol–water partition coefficient (Wildman–Crippen LogP) is 3.77. The summed E-state index contributed by atoms with van der Waals surface area (Å²) in [5.41, 5.74) is 0.741. The highest BCUT2D eigenvalue weighted by Crippen LogP contribution is 2.31. The summed E-state index contributed by atoms with van der Waals surface area (Å²) in [7, 11) is 0. The van der Waals surface area contributed by atoms with E-state index in [-0.39, 0.29) is 23.8 Å². The molecule has 2 heterocycles. The van der Waals surface area contributed by atoms with E-state index in [4.69, 9.17) is 0 Å². The van der Waals surface area contributed by atoms with Crippen LogP contribution in [0.15, 0.2) is 30.3 Å². The Morgan fingerprint density at radius 1 is 1.03 bits per heavy atom. The topological polar surface area (TPSA) is 61.4 Å². The van der Waals surface area contributed by atoms with E-state index in [0.29, 0.717) is 16.4 Å². The van der Waals surface area contributed by atoms with Crippen LogP contribution in [0.3, 0.4) is 0 Å². The molecule has 0 atom stereocenters. The van der Waals surface area contributed by atoms with Gasteiger partial charge in [0.05, 0.1) is 9.88 Å².